The lowest BCUT2D eigenvalue weighted by Crippen LogP contribution is -2.20. The summed E-state index contributed by atoms with van der Waals surface area (Å²) < 4.78 is 5.42. The summed E-state index contributed by atoms with van der Waals surface area (Å²) in [6.45, 7) is 6.36. The minimum Gasteiger partial charge on any atom is -0.481 e. The van der Waals surface area contributed by atoms with Gasteiger partial charge in [0.1, 0.15) is 0 Å². The van der Waals surface area contributed by atoms with Gasteiger partial charge in [-0.15, -0.1) is 0 Å². The molecule has 6 heteroatoms. The zero-order valence-electron chi connectivity index (χ0n) is 10.9. The van der Waals surface area contributed by atoms with Gasteiger partial charge in [0.25, 0.3) is 0 Å². The van der Waals surface area contributed by atoms with Crippen molar-refractivity contribution in [3.8, 4) is 5.88 Å². The molecule has 100 valence electrons. The Kier molecular flexibility index (Phi) is 5.35. The van der Waals surface area contributed by atoms with E-state index in [1.54, 1.807) is 13.0 Å². The molecule has 0 spiro atoms. The van der Waals surface area contributed by atoms with Crippen LogP contribution in [-0.2, 0) is 4.79 Å². The van der Waals surface area contributed by atoms with Gasteiger partial charge in [-0.1, -0.05) is 13.8 Å². The topological polar surface area (TPSA) is 84.3 Å². The summed E-state index contributed by atoms with van der Waals surface area (Å²) in [6, 6.07) is 1.75. The van der Waals surface area contributed by atoms with Crippen LogP contribution in [0.3, 0.4) is 0 Å². The molecule has 0 amide bonds. The van der Waals surface area contributed by atoms with Crippen molar-refractivity contribution in [1.29, 1.82) is 0 Å². The lowest BCUT2D eigenvalue weighted by molar-refractivity contribution is -0.140. The van der Waals surface area contributed by atoms with Gasteiger partial charge in [-0.25, -0.2) is 4.98 Å². The van der Waals surface area contributed by atoms with Crippen LogP contribution in [0.5, 0.6) is 5.88 Å². The van der Waals surface area contributed by atoms with Crippen molar-refractivity contribution in [3.63, 3.8) is 0 Å². The SMILES string of the molecule is CCCOc1cc(C)nc(NCC(C)C(=O)O)n1. The smallest absolute Gasteiger partial charge is 0.308 e. The van der Waals surface area contributed by atoms with E-state index in [-0.39, 0.29) is 6.54 Å². The summed E-state index contributed by atoms with van der Waals surface area (Å²) in [6.07, 6.45) is 0.905. The van der Waals surface area contributed by atoms with Crippen molar-refractivity contribution >= 4 is 11.9 Å². The van der Waals surface area contributed by atoms with Gasteiger partial charge in [-0.2, -0.15) is 4.98 Å². The molecule has 0 bridgehead atoms. The predicted molar refractivity (Wildman–Crippen MR) is 67.8 cm³/mol. The molecule has 2 N–H and O–H groups in total. The molecule has 0 aromatic carbocycles. The minimum atomic E-state index is -0.849. The van der Waals surface area contributed by atoms with E-state index in [9.17, 15) is 4.79 Å². The zero-order valence-corrected chi connectivity index (χ0v) is 10.9. The van der Waals surface area contributed by atoms with Crippen LogP contribution in [-0.4, -0.2) is 34.2 Å². The molecule has 1 atom stereocenters. The van der Waals surface area contributed by atoms with Crippen molar-refractivity contribution in [3.05, 3.63) is 11.8 Å². The van der Waals surface area contributed by atoms with E-state index >= 15 is 0 Å². The van der Waals surface area contributed by atoms with Gasteiger partial charge in [0, 0.05) is 18.3 Å². The molecule has 1 aromatic heterocycles. The lowest BCUT2D eigenvalue weighted by atomic mass is 10.2. The fourth-order valence-corrected chi connectivity index (χ4v) is 1.23. The van der Waals surface area contributed by atoms with Gasteiger partial charge < -0.3 is 15.2 Å². The highest BCUT2D eigenvalue weighted by Crippen LogP contribution is 2.12. The third-order valence-electron chi connectivity index (χ3n) is 2.27. The maximum absolute atomic E-state index is 10.7. The minimum absolute atomic E-state index is 0.284. The van der Waals surface area contributed by atoms with Gasteiger partial charge >= 0.3 is 5.97 Å². The number of carbonyl (C=O) groups is 1. The summed E-state index contributed by atoms with van der Waals surface area (Å²) in [7, 11) is 0. The zero-order chi connectivity index (χ0) is 13.5. The van der Waals surface area contributed by atoms with Crippen LogP contribution >= 0.6 is 0 Å². The average Bonchev–Trinajstić information content (AvgIpc) is 2.32. The van der Waals surface area contributed by atoms with Crippen LogP contribution in [0.1, 0.15) is 26.0 Å². The Bertz CT molecular complexity index is 410. The molecule has 0 saturated carbocycles. The van der Waals surface area contributed by atoms with E-state index in [0.717, 1.165) is 12.1 Å². The number of aryl methyl sites for hydroxylation is 1. The van der Waals surface area contributed by atoms with Crippen LogP contribution in [0.15, 0.2) is 6.07 Å². The molecular formula is C12H19N3O3. The van der Waals surface area contributed by atoms with E-state index in [0.29, 0.717) is 18.4 Å². The predicted octanol–water partition coefficient (Wildman–Crippen LogP) is 1.71. The fraction of sp³-hybridized carbons (Fsp3) is 0.583. The standard InChI is InChI=1S/C12H19N3O3/c1-4-5-18-10-6-9(3)14-12(15-10)13-7-8(2)11(16)17/h6,8H,4-5,7H2,1-3H3,(H,16,17)(H,13,14,15). The summed E-state index contributed by atoms with van der Waals surface area (Å²) in [5.74, 6) is -0.434. The Balaban J connectivity index is 2.64. The molecular weight excluding hydrogens is 234 g/mol. The van der Waals surface area contributed by atoms with E-state index in [1.807, 2.05) is 13.8 Å². The lowest BCUT2D eigenvalue weighted by Gasteiger charge is -2.10. The first-order valence-corrected chi connectivity index (χ1v) is 5.98. The number of carboxylic acids is 1. The molecule has 1 unspecified atom stereocenters. The maximum Gasteiger partial charge on any atom is 0.308 e. The first-order chi connectivity index (χ1) is 8.52. The first kappa shape index (κ1) is 14.2. The average molecular weight is 253 g/mol. The van der Waals surface area contributed by atoms with Crippen molar-refractivity contribution < 1.29 is 14.6 Å². The molecule has 6 nitrogen and oxygen atoms in total. The molecule has 1 rings (SSSR count). The highest BCUT2D eigenvalue weighted by molar-refractivity contribution is 5.70. The third kappa shape index (κ3) is 4.57. The van der Waals surface area contributed by atoms with Crippen LogP contribution in [0.4, 0.5) is 5.95 Å². The number of anilines is 1. The molecule has 0 aliphatic carbocycles. The van der Waals surface area contributed by atoms with Gasteiger partial charge in [0.2, 0.25) is 11.8 Å². The van der Waals surface area contributed by atoms with Crippen molar-refractivity contribution in [2.24, 2.45) is 5.92 Å². The second-order valence-electron chi connectivity index (χ2n) is 4.14. The summed E-state index contributed by atoms with van der Waals surface area (Å²) in [5.41, 5.74) is 0.779. The van der Waals surface area contributed by atoms with Crippen molar-refractivity contribution in [1.82, 2.24) is 9.97 Å². The van der Waals surface area contributed by atoms with E-state index in [4.69, 9.17) is 9.84 Å². The highest BCUT2D eigenvalue weighted by atomic mass is 16.5. The molecule has 0 radical (unpaired) electrons. The van der Waals surface area contributed by atoms with Crippen LogP contribution in [0, 0.1) is 12.8 Å². The monoisotopic (exact) mass is 253 g/mol. The van der Waals surface area contributed by atoms with Crippen LogP contribution in [0.25, 0.3) is 0 Å². The van der Waals surface area contributed by atoms with Gasteiger partial charge in [-0.05, 0) is 13.3 Å². The summed E-state index contributed by atoms with van der Waals surface area (Å²) >= 11 is 0. The normalized spacial score (nSPS) is 11.9. The molecule has 1 heterocycles. The van der Waals surface area contributed by atoms with E-state index in [2.05, 4.69) is 15.3 Å². The highest BCUT2D eigenvalue weighted by Gasteiger charge is 2.11. The van der Waals surface area contributed by atoms with Gasteiger partial charge in [-0.3, -0.25) is 4.79 Å². The van der Waals surface area contributed by atoms with Crippen LogP contribution < -0.4 is 10.1 Å². The summed E-state index contributed by atoms with van der Waals surface area (Å²) in [5, 5.41) is 11.7. The number of rotatable bonds is 7. The number of hydrogen-bond donors (Lipinski definition) is 2. The Morgan fingerprint density at radius 3 is 2.89 bits per heavy atom. The fourth-order valence-electron chi connectivity index (χ4n) is 1.23. The first-order valence-electron chi connectivity index (χ1n) is 5.98. The number of nitrogens with zero attached hydrogens (tertiary/aromatic N) is 2. The molecule has 0 fully saturated rings. The number of carboxylic acid groups (broad SMARTS) is 1. The molecule has 0 aliphatic heterocycles. The Hall–Kier alpha value is -1.85. The number of hydrogen-bond acceptors (Lipinski definition) is 5. The largest absolute Gasteiger partial charge is 0.481 e. The Labute approximate surface area is 106 Å². The quantitative estimate of drug-likeness (QED) is 0.769. The van der Waals surface area contributed by atoms with Gasteiger partial charge in [0.05, 0.1) is 12.5 Å². The molecule has 1 aromatic rings. The van der Waals surface area contributed by atoms with E-state index < -0.39 is 11.9 Å². The van der Waals surface area contributed by atoms with Gasteiger partial charge in [0.15, 0.2) is 0 Å². The Morgan fingerprint density at radius 1 is 1.56 bits per heavy atom. The van der Waals surface area contributed by atoms with Crippen molar-refractivity contribution in [2.45, 2.75) is 27.2 Å². The summed E-state index contributed by atoms with van der Waals surface area (Å²) in [4.78, 5) is 19.0. The molecule has 0 saturated heterocycles. The third-order valence-corrected chi connectivity index (χ3v) is 2.27. The van der Waals surface area contributed by atoms with Crippen LogP contribution in [0.2, 0.25) is 0 Å². The number of nitrogens with one attached hydrogen (secondary N) is 1. The molecule has 18 heavy (non-hydrogen) atoms. The number of aromatic nitrogens is 2. The number of aliphatic carboxylic acids is 1. The van der Waals surface area contributed by atoms with Crippen molar-refractivity contribution in [2.75, 3.05) is 18.5 Å². The second kappa shape index (κ2) is 6.78. The number of ether oxygens (including phenoxy) is 1. The maximum atomic E-state index is 10.7. The van der Waals surface area contributed by atoms with E-state index in [1.165, 1.54) is 0 Å². The Morgan fingerprint density at radius 2 is 2.28 bits per heavy atom. The molecule has 0 aliphatic rings. The second-order valence-corrected chi connectivity index (χ2v) is 4.14.